The summed E-state index contributed by atoms with van der Waals surface area (Å²) in [4.78, 5) is 15.9. The summed E-state index contributed by atoms with van der Waals surface area (Å²) in [5.74, 6) is -0.0770. The molecule has 0 atom stereocenters. The number of benzene rings is 1. The van der Waals surface area contributed by atoms with E-state index >= 15 is 0 Å². The smallest absolute Gasteiger partial charge is 0.337 e. The van der Waals surface area contributed by atoms with Gasteiger partial charge in [0.1, 0.15) is 11.3 Å². The number of aromatic carboxylic acids is 1. The van der Waals surface area contributed by atoms with Crippen molar-refractivity contribution in [3.63, 3.8) is 0 Å². The van der Waals surface area contributed by atoms with Crippen LogP contribution in [-0.2, 0) is 5.54 Å². The maximum Gasteiger partial charge on any atom is 0.337 e. The predicted molar refractivity (Wildman–Crippen MR) is 84.8 cm³/mol. The van der Waals surface area contributed by atoms with Crippen LogP contribution in [0.15, 0.2) is 18.2 Å². The number of carbonyl (C=O) groups is 1. The summed E-state index contributed by atoms with van der Waals surface area (Å²) in [5.41, 5.74) is 1.78. The molecule has 0 fully saturated rings. The molecule has 2 rings (SSSR count). The SMILES string of the molecule is Cc1nc2c(C(=O)O)cccc2n1C(C)(C)CC(C)(C)C. The second kappa shape index (κ2) is 4.86. The van der Waals surface area contributed by atoms with Crippen molar-refractivity contribution in [3.8, 4) is 0 Å². The maximum atomic E-state index is 11.4. The number of aromatic nitrogens is 2. The Labute approximate surface area is 125 Å². The van der Waals surface area contributed by atoms with Crippen LogP contribution in [-0.4, -0.2) is 20.6 Å². The first-order valence-corrected chi connectivity index (χ1v) is 7.25. The molecule has 1 N–H and O–H groups in total. The van der Waals surface area contributed by atoms with Crippen molar-refractivity contribution in [3.05, 3.63) is 29.6 Å². The molecule has 0 bridgehead atoms. The zero-order chi connectivity index (χ0) is 16.0. The first-order valence-electron chi connectivity index (χ1n) is 7.25. The van der Waals surface area contributed by atoms with Crippen molar-refractivity contribution in [2.75, 3.05) is 0 Å². The first kappa shape index (κ1) is 15.5. The lowest BCUT2D eigenvalue weighted by molar-refractivity contribution is 0.0699. The average Bonchev–Trinajstić information content (AvgIpc) is 2.61. The summed E-state index contributed by atoms with van der Waals surface area (Å²) in [5, 5.41) is 9.32. The molecule has 1 aromatic carbocycles. The van der Waals surface area contributed by atoms with E-state index in [1.807, 2.05) is 13.0 Å². The van der Waals surface area contributed by atoms with Gasteiger partial charge in [0.15, 0.2) is 0 Å². The number of para-hydroxylation sites is 1. The average molecular weight is 288 g/mol. The van der Waals surface area contributed by atoms with Crippen molar-refractivity contribution in [2.45, 2.75) is 53.5 Å². The van der Waals surface area contributed by atoms with E-state index in [1.54, 1.807) is 12.1 Å². The molecule has 4 heteroatoms. The van der Waals surface area contributed by atoms with Crippen LogP contribution in [0.4, 0.5) is 0 Å². The van der Waals surface area contributed by atoms with E-state index in [-0.39, 0.29) is 16.5 Å². The van der Waals surface area contributed by atoms with Crippen LogP contribution in [0.1, 0.15) is 57.2 Å². The zero-order valence-corrected chi connectivity index (χ0v) is 13.7. The van der Waals surface area contributed by atoms with Crippen molar-refractivity contribution < 1.29 is 9.90 Å². The molecular weight excluding hydrogens is 264 g/mol. The molecule has 1 heterocycles. The maximum absolute atomic E-state index is 11.4. The molecule has 1 aromatic heterocycles. The number of aryl methyl sites for hydroxylation is 1. The third kappa shape index (κ3) is 2.94. The highest BCUT2D eigenvalue weighted by Crippen LogP contribution is 2.36. The van der Waals surface area contributed by atoms with Crippen LogP contribution >= 0.6 is 0 Å². The summed E-state index contributed by atoms with van der Waals surface area (Å²) < 4.78 is 2.17. The molecule has 4 nitrogen and oxygen atoms in total. The van der Waals surface area contributed by atoms with Crippen LogP contribution in [0.5, 0.6) is 0 Å². The number of fused-ring (bicyclic) bond motifs is 1. The lowest BCUT2D eigenvalue weighted by atomic mass is 9.81. The minimum Gasteiger partial charge on any atom is -0.478 e. The molecule has 0 spiro atoms. The number of imidazole rings is 1. The molecular formula is C17H24N2O2. The highest BCUT2D eigenvalue weighted by molar-refractivity contribution is 6.01. The molecule has 0 saturated heterocycles. The molecule has 0 radical (unpaired) electrons. The Bertz CT molecular complexity index is 691. The Hall–Kier alpha value is -1.84. The van der Waals surface area contributed by atoms with Gasteiger partial charge in [0.25, 0.3) is 0 Å². The van der Waals surface area contributed by atoms with Gasteiger partial charge in [-0.2, -0.15) is 0 Å². The Morgan fingerprint density at radius 2 is 1.86 bits per heavy atom. The van der Waals surface area contributed by atoms with Gasteiger partial charge in [-0.15, -0.1) is 0 Å². The summed E-state index contributed by atoms with van der Waals surface area (Å²) >= 11 is 0. The molecule has 0 amide bonds. The predicted octanol–water partition coefficient (Wildman–Crippen LogP) is 4.21. The number of carboxylic acids is 1. The quantitative estimate of drug-likeness (QED) is 0.920. The van der Waals surface area contributed by atoms with Crippen molar-refractivity contribution >= 4 is 17.0 Å². The van der Waals surface area contributed by atoms with E-state index in [4.69, 9.17) is 0 Å². The van der Waals surface area contributed by atoms with Crippen LogP contribution in [0.2, 0.25) is 0 Å². The molecule has 0 unspecified atom stereocenters. The van der Waals surface area contributed by atoms with E-state index < -0.39 is 5.97 Å². The van der Waals surface area contributed by atoms with Crippen LogP contribution in [0, 0.1) is 12.3 Å². The summed E-state index contributed by atoms with van der Waals surface area (Å²) in [6.07, 6.45) is 0.976. The Morgan fingerprint density at radius 3 is 2.38 bits per heavy atom. The van der Waals surface area contributed by atoms with Gasteiger partial charge in [0.05, 0.1) is 11.1 Å². The lowest BCUT2D eigenvalue weighted by Crippen LogP contribution is -2.32. The van der Waals surface area contributed by atoms with E-state index in [0.29, 0.717) is 5.52 Å². The number of hydrogen-bond acceptors (Lipinski definition) is 2. The zero-order valence-electron chi connectivity index (χ0n) is 13.7. The van der Waals surface area contributed by atoms with Crippen molar-refractivity contribution in [1.82, 2.24) is 9.55 Å². The van der Waals surface area contributed by atoms with Gasteiger partial charge in [-0.1, -0.05) is 26.8 Å². The topological polar surface area (TPSA) is 55.1 Å². The van der Waals surface area contributed by atoms with Gasteiger partial charge >= 0.3 is 5.97 Å². The summed E-state index contributed by atoms with van der Waals surface area (Å²) in [6, 6.07) is 5.35. The van der Waals surface area contributed by atoms with Crippen LogP contribution < -0.4 is 0 Å². The molecule has 0 aliphatic rings. The largest absolute Gasteiger partial charge is 0.478 e. The Balaban J connectivity index is 2.68. The number of hydrogen-bond donors (Lipinski definition) is 1. The second-order valence-corrected chi connectivity index (χ2v) is 7.52. The highest BCUT2D eigenvalue weighted by atomic mass is 16.4. The van der Waals surface area contributed by atoms with Crippen LogP contribution in [0.25, 0.3) is 11.0 Å². The molecule has 0 saturated carbocycles. The van der Waals surface area contributed by atoms with E-state index in [9.17, 15) is 9.90 Å². The summed E-state index contributed by atoms with van der Waals surface area (Å²) in [7, 11) is 0. The van der Waals surface area contributed by atoms with E-state index in [2.05, 4.69) is 44.2 Å². The van der Waals surface area contributed by atoms with E-state index in [1.165, 1.54) is 0 Å². The molecule has 2 aromatic rings. The van der Waals surface area contributed by atoms with Gasteiger partial charge in [0, 0.05) is 5.54 Å². The van der Waals surface area contributed by atoms with Gasteiger partial charge in [-0.3, -0.25) is 0 Å². The van der Waals surface area contributed by atoms with Gasteiger partial charge < -0.3 is 9.67 Å². The minimum absolute atomic E-state index is 0.131. The Morgan fingerprint density at radius 1 is 1.24 bits per heavy atom. The number of carboxylic acid groups (broad SMARTS) is 1. The summed E-state index contributed by atoms with van der Waals surface area (Å²) in [6.45, 7) is 12.9. The van der Waals surface area contributed by atoms with Gasteiger partial charge in [-0.25, -0.2) is 9.78 Å². The van der Waals surface area contributed by atoms with Crippen molar-refractivity contribution in [2.24, 2.45) is 5.41 Å². The fraction of sp³-hybridized carbons (Fsp3) is 0.529. The van der Waals surface area contributed by atoms with Crippen LogP contribution in [0.3, 0.4) is 0 Å². The molecule has 0 aliphatic heterocycles. The molecule has 21 heavy (non-hydrogen) atoms. The number of rotatable bonds is 3. The lowest BCUT2D eigenvalue weighted by Gasteiger charge is -2.35. The fourth-order valence-corrected chi connectivity index (χ4v) is 3.53. The fourth-order valence-electron chi connectivity index (χ4n) is 3.53. The normalized spacial score (nSPS) is 12.9. The Kier molecular flexibility index (Phi) is 3.60. The third-order valence-corrected chi connectivity index (χ3v) is 3.65. The van der Waals surface area contributed by atoms with Gasteiger partial charge in [-0.05, 0) is 44.7 Å². The minimum atomic E-state index is -0.932. The highest BCUT2D eigenvalue weighted by Gasteiger charge is 2.30. The van der Waals surface area contributed by atoms with Gasteiger partial charge in [0.2, 0.25) is 0 Å². The monoisotopic (exact) mass is 288 g/mol. The molecule has 114 valence electrons. The first-order chi connectivity index (χ1) is 9.53. The van der Waals surface area contributed by atoms with Crippen molar-refractivity contribution in [1.29, 1.82) is 0 Å². The second-order valence-electron chi connectivity index (χ2n) is 7.52. The molecule has 0 aliphatic carbocycles. The number of nitrogens with zero attached hydrogens (tertiary/aromatic N) is 2. The van der Waals surface area contributed by atoms with E-state index in [0.717, 1.165) is 17.8 Å². The third-order valence-electron chi connectivity index (χ3n) is 3.65. The standard InChI is InChI=1S/C17H24N2O2/c1-11-18-14-12(15(20)21)8-7-9-13(14)19(11)17(5,6)10-16(2,3)4/h7-9H,10H2,1-6H3,(H,20,21).